The molecule has 0 bridgehead atoms. The molecule has 0 aliphatic heterocycles. The lowest BCUT2D eigenvalue weighted by Crippen LogP contribution is -2.24. The van der Waals surface area contributed by atoms with Gasteiger partial charge in [0.25, 0.3) is 0 Å². The van der Waals surface area contributed by atoms with E-state index in [0.29, 0.717) is 12.5 Å². The fraction of sp³-hybridized carbons (Fsp3) is 0.211. The molecular formula is C19H18N2O. The van der Waals surface area contributed by atoms with Crippen molar-refractivity contribution in [3.8, 4) is 0 Å². The van der Waals surface area contributed by atoms with E-state index in [1.807, 2.05) is 42.6 Å². The first-order valence-electron chi connectivity index (χ1n) is 7.70. The molecule has 1 heterocycles. The lowest BCUT2D eigenvalue weighted by Gasteiger charge is -2.04. The number of nitrogens with one attached hydrogen (secondary N) is 2. The number of aromatic amines is 1. The highest BCUT2D eigenvalue weighted by Gasteiger charge is 2.43. The molecule has 1 aromatic heterocycles. The Morgan fingerprint density at radius 2 is 1.86 bits per heavy atom. The standard InChI is InChI=1S/C19H18N2O/c22-19(17-10-16(17)13-6-2-1-3-7-13)21-12-14-11-20-18-9-5-4-8-15(14)18/h1-9,11,16-17,20H,10,12H2,(H,21,22). The highest BCUT2D eigenvalue weighted by Crippen LogP contribution is 2.47. The molecule has 2 unspecified atom stereocenters. The third-order valence-corrected chi connectivity index (χ3v) is 4.48. The zero-order chi connectivity index (χ0) is 14.9. The van der Waals surface area contributed by atoms with E-state index in [4.69, 9.17) is 0 Å². The average molecular weight is 290 g/mol. The van der Waals surface area contributed by atoms with E-state index in [1.165, 1.54) is 10.9 Å². The van der Waals surface area contributed by atoms with Crippen molar-refractivity contribution < 1.29 is 4.79 Å². The molecular weight excluding hydrogens is 272 g/mol. The topological polar surface area (TPSA) is 44.9 Å². The molecule has 110 valence electrons. The summed E-state index contributed by atoms with van der Waals surface area (Å²) in [6.45, 7) is 0.584. The first kappa shape index (κ1) is 13.1. The van der Waals surface area contributed by atoms with Gasteiger partial charge < -0.3 is 10.3 Å². The Balaban J connectivity index is 1.40. The van der Waals surface area contributed by atoms with Crippen LogP contribution < -0.4 is 5.32 Å². The van der Waals surface area contributed by atoms with Gasteiger partial charge in [-0.25, -0.2) is 0 Å². The van der Waals surface area contributed by atoms with Gasteiger partial charge in [-0.2, -0.15) is 0 Å². The highest BCUT2D eigenvalue weighted by atomic mass is 16.2. The molecule has 22 heavy (non-hydrogen) atoms. The van der Waals surface area contributed by atoms with E-state index in [9.17, 15) is 4.79 Å². The van der Waals surface area contributed by atoms with Crippen LogP contribution in [0.3, 0.4) is 0 Å². The second-order valence-electron chi connectivity index (χ2n) is 5.94. The molecule has 2 atom stereocenters. The van der Waals surface area contributed by atoms with Crippen LogP contribution in [0, 0.1) is 5.92 Å². The summed E-state index contributed by atoms with van der Waals surface area (Å²) < 4.78 is 0. The largest absolute Gasteiger partial charge is 0.361 e. The number of H-pyrrole nitrogens is 1. The summed E-state index contributed by atoms with van der Waals surface area (Å²) in [5.74, 6) is 0.691. The van der Waals surface area contributed by atoms with Crippen LogP contribution in [0.1, 0.15) is 23.5 Å². The maximum Gasteiger partial charge on any atom is 0.224 e. The Labute approximate surface area is 129 Å². The van der Waals surface area contributed by atoms with E-state index in [0.717, 1.165) is 17.5 Å². The van der Waals surface area contributed by atoms with Crippen LogP contribution in [0.2, 0.25) is 0 Å². The Bertz CT molecular complexity index is 806. The summed E-state index contributed by atoms with van der Waals surface area (Å²) in [4.78, 5) is 15.5. The minimum atomic E-state index is 0.132. The molecule has 0 radical (unpaired) electrons. The van der Waals surface area contributed by atoms with E-state index in [-0.39, 0.29) is 11.8 Å². The average Bonchev–Trinajstić information content (AvgIpc) is 3.28. The van der Waals surface area contributed by atoms with Crippen molar-refractivity contribution >= 4 is 16.8 Å². The highest BCUT2D eigenvalue weighted by molar-refractivity contribution is 5.85. The van der Waals surface area contributed by atoms with Crippen molar-refractivity contribution in [1.82, 2.24) is 10.3 Å². The van der Waals surface area contributed by atoms with Crippen molar-refractivity contribution in [2.24, 2.45) is 5.92 Å². The number of benzene rings is 2. The van der Waals surface area contributed by atoms with Crippen LogP contribution >= 0.6 is 0 Å². The number of hydrogen-bond donors (Lipinski definition) is 2. The molecule has 3 heteroatoms. The number of fused-ring (bicyclic) bond motifs is 1. The van der Waals surface area contributed by atoms with Crippen molar-refractivity contribution in [2.75, 3.05) is 0 Å². The third kappa shape index (κ3) is 2.39. The van der Waals surface area contributed by atoms with Crippen molar-refractivity contribution in [3.05, 3.63) is 71.9 Å². The Morgan fingerprint density at radius 1 is 1.09 bits per heavy atom. The summed E-state index contributed by atoms with van der Waals surface area (Å²) in [5.41, 5.74) is 3.52. The molecule has 3 aromatic rings. The van der Waals surface area contributed by atoms with Crippen LogP contribution in [0.25, 0.3) is 10.9 Å². The summed E-state index contributed by atoms with van der Waals surface area (Å²) in [7, 11) is 0. The van der Waals surface area contributed by atoms with Crippen LogP contribution in [0.4, 0.5) is 0 Å². The molecule has 2 N–H and O–H groups in total. The third-order valence-electron chi connectivity index (χ3n) is 4.48. The van der Waals surface area contributed by atoms with E-state index in [1.54, 1.807) is 0 Å². The quantitative estimate of drug-likeness (QED) is 0.758. The molecule has 1 fully saturated rings. The van der Waals surface area contributed by atoms with Crippen molar-refractivity contribution in [3.63, 3.8) is 0 Å². The van der Waals surface area contributed by atoms with Gasteiger partial charge in [0, 0.05) is 29.6 Å². The van der Waals surface area contributed by atoms with E-state index in [2.05, 4.69) is 28.5 Å². The van der Waals surface area contributed by atoms with Crippen molar-refractivity contribution in [1.29, 1.82) is 0 Å². The Morgan fingerprint density at radius 3 is 2.73 bits per heavy atom. The Hall–Kier alpha value is -2.55. The molecule has 1 aliphatic rings. The molecule has 0 saturated heterocycles. The summed E-state index contributed by atoms with van der Waals surface area (Å²) >= 11 is 0. The van der Waals surface area contributed by atoms with Gasteiger partial charge in [-0.1, -0.05) is 48.5 Å². The maximum absolute atomic E-state index is 12.3. The first-order chi connectivity index (χ1) is 10.8. The lowest BCUT2D eigenvalue weighted by atomic mass is 10.1. The number of aromatic nitrogens is 1. The minimum Gasteiger partial charge on any atom is -0.361 e. The number of amides is 1. The van der Waals surface area contributed by atoms with Gasteiger partial charge in [-0.05, 0) is 29.5 Å². The van der Waals surface area contributed by atoms with Gasteiger partial charge in [0.2, 0.25) is 5.91 Å². The zero-order valence-electron chi connectivity index (χ0n) is 12.3. The fourth-order valence-electron chi connectivity index (χ4n) is 3.14. The molecule has 0 spiro atoms. The van der Waals surface area contributed by atoms with Crippen molar-refractivity contribution in [2.45, 2.75) is 18.9 Å². The predicted octanol–water partition coefficient (Wildman–Crippen LogP) is 3.59. The molecule has 2 aromatic carbocycles. The van der Waals surface area contributed by atoms with Gasteiger partial charge in [0.15, 0.2) is 0 Å². The zero-order valence-corrected chi connectivity index (χ0v) is 12.3. The smallest absolute Gasteiger partial charge is 0.224 e. The molecule has 1 amide bonds. The normalized spacial score (nSPS) is 20.0. The van der Waals surface area contributed by atoms with Crippen LogP contribution in [0.5, 0.6) is 0 Å². The molecule has 1 aliphatic carbocycles. The second kappa shape index (κ2) is 5.34. The SMILES string of the molecule is O=C(NCc1c[nH]c2ccccc12)C1CC1c1ccccc1. The van der Waals surface area contributed by atoms with Gasteiger partial charge in [-0.15, -0.1) is 0 Å². The molecule has 4 rings (SSSR count). The number of para-hydroxylation sites is 1. The predicted molar refractivity (Wildman–Crippen MR) is 87.4 cm³/mol. The number of rotatable bonds is 4. The fourth-order valence-corrected chi connectivity index (χ4v) is 3.14. The number of hydrogen-bond acceptors (Lipinski definition) is 1. The minimum absolute atomic E-state index is 0.132. The van der Waals surface area contributed by atoms with Crippen LogP contribution in [0.15, 0.2) is 60.8 Å². The van der Waals surface area contributed by atoms with Gasteiger partial charge >= 0.3 is 0 Å². The Kier molecular flexibility index (Phi) is 3.19. The first-order valence-corrected chi connectivity index (χ1v) is 7.70. The van der Waals surface area contributed by atoms with Crippen LogP contribution in [-0.2, 0) is 11.3 Å². The maximum atomic E-state index is 12.3. The van der Waals surface area contributed by atoms with E-state index >= 15 is 0 Å². The van der Waals surface area contributed by atoms with Gasteiger partial charge in [0.1, 0.15) is 0 Å². The summed E-state index contributed by atoms with van der Waals surface area (Å²) in [6, 6.07) is 18.5. The number of carbonyl (C=O) groups excluding carboxylic acids is 1. The summed E-state index contributed by atoms with van der Waals surface area (Å²) in [6.07, 6.45) is 2.94. The summed E-state index contributed by atoms with van der Waals surface area (Å²) in [5, 5.41) is 4.26. The van der Waals surface area contributed by atoms with Crippen LogP contribution in [-0.4, -0.2) is 10.9 Å². The molecule has 3 nitrogen and oxygen atoms in total. The molecule has 1 saturated carbocycles. The van der Waals surface area contributed by atoms with Gasteiger partial charge in [-0.3, -0.25) is 4.79 Å². The van der Waals surface area contributed by atoms with E-state index < -0.39 is 0 Å². The van der Waals surface area contributed by atoms with Gasteiger partial charge in [0.05, 0.1) is 0 Å². The number of carbonyl (C=O) groups is 1. The lowest BCUT2D eigenvalue weighted by molar-refractivity contribution is -0.122. The second-order valence-corrected chi connectivity index (χ2v) is 5.94. The monoisotopic (exact) mass is 290 g/mol.